The monoisotopic (exact) mass is 282 g/mol. The summed E-state index contributed by atoms with van der Waals surface area (Å²) in [5.74, 6) is -0.345. The van der Waals surface area contributed by atoms with Crippen LogP contribution in [0, 0.1) is 11.6 Å². The zero-order valence-electron chi connectivity index (χ0n) is 11.2. The zero-order valence-corrected chi connectivity index (χ0v) is 11.2. The standard InChI is InChI=1S/C14H16F2N2O2/c1-2-19-10-6-11(15)14(12(16)7-10)9-5-13-17-20-4-3-18(13)8-9/h6-7,9H,2-5,8H2,1H3/t9-/m0/s1. The predicted octanol–water partition coefficient (Wildman–Crippen LogP) is 2.50. The second-order valence-corrected chi connectivity index (χ2v) is 4.92. The number of ether oxygens (including phenoxy) is 1. The van der Waals surface area contributed by atoms with Crippen LogP contribution in [0.1, 0.15) is 24.8 Å². The van der Waals surface area contributed by atoms with E-state index in [9.17, 15) is 8.78 Å². The fraction of sp³-hybridized carbons (Fsp3) is 0.500. The van der Waals surface area contributed by atoms with Gasteiger partial charge in [0.25, 0.3) is 0 Å². The van der Waals surface area contributed by atoms with Gasteiger partial charge in [0.2, 0.25) is 0 Å². The molecule has 0 radical (unpaired) electrons. The zero-order chi connectivity index (χ0) is 14.1. The van der Waals surface area contributed by atoms with Crippen LogP contribution in [0.4, 0.5) is 8.78 Å². The van der Waals surface area contributed by atoms with Crippen molar-refractivity contribution in [3.63, 3.8) is 0 Å². The molecule has 4 nitrogen and oxygen atoms in total. The molecule has 0 amide bonds. The van der Waals surface area contributed by atoms with E-state index in [1.54, 1.807) is 6.92 Å². The minimum absolute atomic E-state index is 0.116. The number of oxime groups is 1. The highest BCUT2D eigenvalue weighted by molar-refractivity contribution is 5.85. The fourth-order valence-corrected chi connectivity index (χ4v) is 2.77. The van der Waals surface area contributed by atoms with Crippen molar-refractivity contribution in [2.45, 2.75) is 19.3 Å². The maximum absolute atomic E-state index is 14.2. The van der Waals surface area contributed by atoms with E-state index in [4.69, 9.17) is 9.57 Å². The molecular weight excluding hydrogens is 266 g/mol. The van der Waals surface area contributed by atoms with Gasteiger partial charge >= 0.3 is 0 Å². The van der Waals surface area contributed by atoms with Gasteiger partial charge in [-0.3, -0.25) is 0 Å². The van der Waals surface area contributed by atoms with Crippen LogP contribution >= 0.6 is 0 Å². The lowest BCUT2D eigenvalue weighted by Gasteiger charge is -2.21. The Morgan fingerprint density at radius 1 is 1.40 bits per heavy atom. The fourth-order valence-electron chi connectivity index (χ4n) is 2.77. The van der Waals surface area contributed by atoms with Crippen molar-refractivity contribution in [2.75, 3.05) is 26.3 Å². The molecule has 3 rings (SSSR count). The van der Waals surface area contributed by atoms with E-state index in [1.807, 2.05) is 4.90 Å². The molecule has 0 N–H and O–H groups in total. The van der Waals surface area contributed by atoms with Gasteiger partial charge in [-0.25, -0.2) is 8.78 Å². The van der Waals surface area contributed by atoms with Gasteiger partial charge < -0.3 is 14.5 Å². The highest BCUT2D eigenvalue weighted by atomic mass is 19.1. The SMILES string of the molecule is CCOc1cc(F)c([C@H]2CC3=NOCCN3C2)c(F)c1. The van der Waals surface area contributed by atoms with Gasteiger partial charge in [-0.2, -0.15) is 0 Å². The third kappa shape index (κ3) is 2.30. The van der Waals surface area contributed by atoms with Crippen LogP contribution in [-0.4, -0.2) is 37.0 Å². The van der Waals surface area contributed by atoms with Crippen molar-refractivity contribution in [2.24, 2.45) is 5.16 Å². The first-order valence-corrected chi connectivity index (χ1v) is 6.74. The lowest BCUT2D eigenvalue weighted by Crippen LogP contribution is -2.32. The van der Waals surface area contributed by atoms with Crippen molar-refractivity contribution in [1.29, 1.82) is 0 Å². The number of hydrogen-bond acceptors (Lipinski definition) is 4. The Morgan fingerprint density at radius 3 is 2.80 bits per heavy atom. The van der Waals surface area contributed by atoms with E-state index in [0.29, 0.717) is 26.2 Å². The van der Waals surface area contributed by atoms with Crippen molar-refractivity contribution in [3.05, 3.63) is 29.3 Å². The van der Waals surface area contributed by atoms with Gasteiger partial charge in [0.05, 0.1) is 13.2 Å². The van der Waals surface area contributed by atoms with E-state index >= 15 is 0 Å². The summed E-state index contributed by atoms with van der Waals surface area (Å²) >= 11 is 0. The molecule has 1 aromatic carbocycles. The molecule has 1 saturated heterocycles. The molecular formula is C14H16F2N2O2. The molecule has 0 spiro atoms. The van der Waals surface area contributed by atoms with E-state index < -0.39 is 11.6 Å². The van der Waals surface area contributed by atoms with Crippen molar-refractivity contribution < 1.29 is 18.4 Å². The Hall–Kier alpha value is -1.85. The first-order valence-electron chi connectivity index (χ1n) is 6.74. The van der Waals surface area contributed by atoms with Crippen LogP contribution < -0.4 is 4.74 Å². The Balaban J connectivity index is 1.88. The molecule has 108 valence electrons. The molecule has 20 heavy (non-hydrogen) atoms. The summed E-state index contributed by atoms with van der Waals surface area (Å²) in [6.07, 6.45) is 0.502. The van der Waals surface area contributed by atoms with Crippen LogP contribution in [0.15, 0.2) is 17.3 Å². The summed E-state index contributed by atoms with van der Waals surface area (Å²) in [6.45, 7) is 3.96. The van der Waals surface area contributed by atoms with E-state index in [2.05, 4.69) is 5.16 Å². The molecule has 1 atom stereocenters. The molecule has 0 bridgehead atoms. The number of hydrogen-bond donors (Lipinski definition) is 0. The molecule has 0 unspecified atom stereocenters. The van der Waals surface area contributed by atoms with Gasteiger partial charge in [-0.1, -0.05) is 5.16 Å². The molecule has 2 aliphatic rings. The number of rotatable bonds is 3. The average Bonchev–Trinajstić information content (AvgIpc) is 2.81. The number of halogens is 2. The maximum atomic E-state index is 14.2. The lowest BCUT2D eigenvalue weighted by molar-refractivity contribution is 0.106. The van der Waals surface area contributed by atoms with Gasteiger partial charge in [-0.15, -0.1) is 0 Å². The van der Waals surface area contributed by atoms with Crippen LogP contribution in [0.5, 0.6) is 5.75 Å². The third-order valence-corrected chi connectivity index (χ3v) is 3.63. The number of amidine groups is 1. The quantitative estimate of drug-likeness (QED) is 0.854. The largest absolute Gasteiger partial charge is 0.494 e. The summed E-state index contributed by atoms with van der Waals surface area (Å²) in [5.41, 5.74) is 0.116. The Kier molecular flexibility index (Phi) is 3.46. The highest BCUT2D eigenvalue weighted by Crippen LogP contribution is 2.34. The second kappa shape index (κ2) is 5.26. The first kappa shape index (κ1) is 13.1. The van der Waals surface area contributed by atoms with Crippen LogP contribution in [-0.2, 0) is 4.84 Å². The summed E-state index contributed by atoms with van der Waals surface area (Å²) < 4.78 is 33.5. The van der Waals surface area contributed by atoms with Crippen molar-refractivity contribution in [1.82, 2.24) is 4.90 Å². The van der Waals surface area contributed by atoms with Crippen molar-refractivity contribution in [3.8, 4) is 5.75 Å². The lowest BCUT2D eigenvalue weighted by atomic mass is 9.96. The minimum Gasteiger partial charge on any atom is -0.494 e. The predicted molar refractivity (Wildman–Crippen MR) is 69.8 cm³/mol. The summed E-state index contributed by atoms with van der Waals surface area (Å²) in [4.78, 5) is 7.04. The van der Waals surface area contributed by atoms with Crippen LogP contribution in [0.25, 0.3) is 0 Å². The van der Waals surface area contributed by atoms with Gasteiger partial charge in [-0.05, 0) is 6.92 Å². The van der Waals surface area contributed by atoms with Crippen LogP contribution in [0.3, 0.4) is 0 Å². The summed E-state index contributed by atoms with van der Waals surface area (Å²) in [6, 6.07) is 2.50. The minimum atomic E-state index is -0.556. The van der Waals surface area contributed by atoms with E-state index in [-0.39, 0.29) is 17.2 Å². The van der Waals surface area contributed by atoms with Gasteiger partial charge in [0, 0.05) is 36.6 Å². The number of fused-ring (bicyclic) bond motifs is 1. The first-order chi connectivity index (χ1) is 9.69. The summed E-state index contributed by atoms with van der Waals surface area (Å²) in [7, 11) is 0. The molecule has 1 fully saturated rings. The number of benzene rings is 1. The molecule has 6 heteroatoms. The average molecular weight is 282 g/mol. The van der Waals surface area contributed by atoms with Gasteiger partial charge in [0.1, 0.15) is 29.8 Å². The highest BCUT2D eigenvalue weighted by Gasteiger charge is 2.34. The van der Waals surface area contributed by atoms with E-state index in [1.165, 1.54) is 12.1 Å². The second-order valence-electron chi connectivity index (χ2n) is 4.92. The maximum Gasteiger partial charge on any atom is 0.145 e. The topological polar surface area (TPSA) is 34.1 Å². The van der Waals surface area contributed by atoms with Gasteiger partial charge in [0.15, 0.2) is 0 Å². The van der Waals surface area contributed by atoms with E-state index in [0.717, 1.165) is 12.4 Å². The molecule has 1 aromatic rings. The normalized spacial score (nSPS) is 21.2. The molecule has 0 aromatic heterocycles. The van der Waals surface area contributed by atoms with Crippen molar-refractivity contribution >= 4 is 5.84 Å². The number of nitrogens with zero attached hydrogens (tertiary/aromatic N) is 2. The molecule has 0 aliphatic carbocycles. The Labute approximate surface area is 116 Å². The molecule has 2 heterocycles. The Morgan fingerprint density at radius 2 is 2.15 bits per heavy atom. The summed E-state index contributed by atoms with van der Waals surface area (Å²) in [5, 5.41) is 3.95. The smallest absolute Gasteiger partial charge is 0.145 e. The molecule has 2 aliphatic heterocycles. The molecule has 0 saturated carbocycles. The third-order valence-electron chi connectivity index (χ3n) is 3.63. The van der Waals surface area contributed by atoms with Crippen LogP contribution in [0.2, 0.25) is 0 Å². The Bertz CT molecular complexity index is 525.